The molecule has 0 aromatic heterocycles. The second-order valence-corrected chi connectivity index (χ2v) is 3.93. The van der Waals surface area contributed by atoms with Gasteiger partial charge in [0.2, 0.25) is 0 Å². The fourth-order valence-corrected chi connectivity index (χ4v) is 2.35. The molecule has 0 saturated carbocycles. The predicted molar refractivity (Wildman–Crippen MR) is 47.9 cm³/mol. The Balaban J connectivity index is 0.000000845. The summed E-state index contributed by atoms with van der Waals surface area (Å²) < 4.78 is 12.6. The van der Waals surface area contributed by atoms with Gasteiger partial charge in [0, 0.05) is 5.54 Å². The summed E-state index contributed by atoms with van der Waals surface area (Å²) in [5.41, 5.74) is -1.30. The maximum atomic E-state index is 12.6. The summed E-state index contributed by atoms with van der Waals surface area (Å²) in [5.74, 6) is -0.824. The molecule has 76 valence electrons. The molecule has 2 bridgehead atoms. The predicted octanol–water partition coefficient (Wildman–Crippen LogP) is 1.12. The van der Waals surface area contributed by atoms with Crippen LogP contribution in [-0.4, -0.2) is 28.8 Å². The van der Waals surface area contributed by atoms with Gasteiger partial charge in [-0.25, -0.2) is 4.39 Å². The van der Waals surface area contributed by atoms with Crippen molar-refractivity contribution >= 4 is 18.4 Å². The van der Waals surface area contributed by atoms with Crippen LogP contribution in [0.3, 0.4) is 0 Å². The second-order valence-electron chi connectivity index (χ2n) is 3.93. The first-order valence-electron chi connectivity index (χ1n) is 4.21. The third kappa shape index (κ3) is 1.32. The van der Waals surface area contributed by atoms with Crippen LogP contribution in [0.25, 0.3) is 0 Å². The van der Waals surface area contributed by atoms with E-state index in [0.29, 0.717) is 25.7 Å². The third-order valence-corrected chi connectivity index (χ3v) is 3.23. The smallest absolute Gasteiger partial charge is 0.323 e. The van der Waals surface area contributed by atoms with Crippen molar-refractivity contribution in [3.05, 3.63) is 0 Å². The van der Waals surface area contributed by atoms with Crippen LogP contribution in [0.4, 0.5) is 4.39 Å². The average molecular weight is 210 g/mol. The third-order valence-electron chi connectivity index (χ3n) is 3.23. The van der Waals surface area contributed by atoms with E-state index in [0.717, 1.165) is 0 Å². The minimum atomic E-state index is -0.824. The molecule has 0 spiro atoms. The van der Waals surface area contributed by atoms with Gasteiger partial charge in [-0.15, -0.1) is 12.4 Å². The van der Waals surface area contributed by atoms with Crippen LogP contribution in [0.2, 0.25) is 0 Å². The molecule has 2 rings (SSSR count). The van der Waals surface area contributed by atoms with Gasteiger partial charge in [0.15, 0.2) is 0 Å². The fourth-order valence-electron chi connectivity index (χ4n) is 2.35. The molecular formula is C8H13ClFNO2. The van der Waals surface area contributed by atoms with Gasteiger partial charge in [-0.05, 0) is 25.7 Å². The number of rotatable bonds is 2. The highest BCUT2D eigenvalue weighted by molar-refractivity contribution is 5.85. The largest absolute Gasteiger partial charge is 0.480 e. The summed E-state index contributed by atoms with van der Waals surface area (Å²) >= 11 is 0. The van der Waals surface area contributed by atoms with Gasteiger partial charge in [-0.2, -0.15) is 0 Å². The van der Waals surface area contributed by atoms with Gasteiger partial charge < -0.3 is 5.11 Å². The van der Waals surface area contributed by atoms with Crippen molar-refractivity contribution in [3.63, 3.8) is 0 Å². The lowest BCUT2D eigenvalue weighted by atomic mass is 9.83. The number of aliphatic carboxylic acids is 1. The molecule has 0 radical (unpaired) electrons. The van der Waals surface area contributed by atoms with Crippen LogP contribution in [0.1, 0.15) is 25.7 Å². The number of carbonyl (C=O) groups is 1. The molecule has 2 heterocycles. The summed E-state index contributed by atoms with van der Waals surface area (Å²) in [7, 11) is 0. The molecule has 0 aromatic carbocycles. The van der Waals surface area contributed by atoms with Crippen molar-refractivity contribution in [2.24, 2.45) is 0 Å². The Morgan fingerprint density at radius 2 is 1.92 bits per heavy atom. The number of halogens is 2. The molecule has 2 aliphatic heterocycles. The van der Waals surface area contributed by atoms with Gasteiger partial charge in [0.05, 0.1) is 0 Å². The van der Waals surface area contributed by atoms with Crippen LogP contribution in [-0.2, 0) is 4.79 Å². The minimum Gasteiger partial charge on any atom is -0.480 e. The van der Waals surface area contributed by atoms with E-state index in [-0.39, 0.29) is 12.4 Å². The lowest BCUT2D eigenvalue weighted by molar-refractivity contribution is -0.143. The lowest BCUT2D eigenvalue weighted by Gasteiger charge is -2.20. The molecule has 0 atom stereocenters. The first-order valence-corrected chi connectivity index (χ1v) is 4.21. The van der Waals surface area contributed by atoms with Gasteiger partial charge in [-0.3, -0.25) is 10.1 Å². The molecule has 0 amide bonds. The first-order chi connectivity index (χ1) is 5.63. The lowest BCUT2D eigenvalue weighted by Crippen LogP contribution is -2.48. The Morgan fingerprint density at radius 1 is 1.38 bits per heavy atom. The molecular weight excluding hydrogens is 197 g/mol. The van der Waals surface area contributed by atoms with E-state index in [1.807, 2.05) is 0 Å². The summed E-state index contributed by atoms with van der Waals surface area (Å²) in [6.07, 6.45) is 2.48. The maximum Gasteiger partial charge on any atom is 0.323 e. The first kappa shape index (κ1) is 10.7. The Morgan fingerprint density at radius 3 is 2.15 bits per heavy atom. The highest BCUT2D eigenvalue weighted by atomic mass is 35.5. The van der Waals surface area contributed by atoms with Crippen molar-refractivity contribution in [1.82, 2.24) is 5.32 Å². The zero-order valence-electron chi connectivity index (χ0n) is 7.18. The van der Waals surface area contributed by atoms with E-state index in [4.69, 9.17) is 5.11 Å². The molecule has 2 saturated heterocycles. The Hall–Kier alpha value is -0.350. The molecule has 2 aliphatic rings. The van der Waals surface area contributed by atoms with Crippen molar-refractivity contribution in [2.45, 2.75) is 36.8 Å². The number of hydrogen-bond acceptors (Lipinski definition) is 2. The quantitative estimate of drug-likeness (QED) is 0.717. The number of nitrogens with one attached hydrogen (secondary N) is 1. The molecule has 5 heteroatoms. The summed E-state index contributed by atoms with van der Waals surface area (Å²) in [6, 6.07) is 0. The average Bonchev–Trinajstić information content (AvgIpc) is 2.61. The van der Waals surface area contributed by atoms with E-state index in [1.54, 1.807) is 0 Å². The van der Waals surface area contributed by atoms with E-state index >= 15 is 0 Å². The summed E-state index contributed by atoms with van der Waals surface area (Å²) in [5, 5.41) is 11.8. The highest BCUT2D eigenvalue weighted by Crippen LogP contribution is 2.45. The molecule has 0 aromatic rings. The van der Waals surface area contributed by atoms with Crippen molar-refractivity contribution in [1.29, 1.82) is 0 Å². The number of fused-ring (bicyclic) bond motifs is 2. The standard InChI is InChI=1S/C8H12FNO2.ClH/c9-5-7-1-3-8(10-7,4-2-7)6(11)12;/h10H,1-5H2,(H,11,12);1H. The van der Waals surface area contributed by atoms with Crippen molar-refractivity contribution < 1.29 is 14.3 Å². The Kier molecular flexibility index (Phi) is 2.56. The molecule has 2 N–H and O–H groups in total. The van der Waals surface area contributed by atoms with Gasteiger partial charge in [0.1, 0.15) is 12.2 Å². The zero-order valence-corrected chi connectivity index (χ0v) is 7.99. The maximum absolute atomic E-state index is 12.6. The van der Waals surface area contributed by atoms with E-state index in [1.165, 1.54) is 0 Å². The van der Waals surface area contributed by atoms with Gasteiger partial charge in [-0.1, -0.05) is 0 Å². The number of alkyl halides is 1. The second kappa shape index (κ2) is 3.10. The molecule has 0 unspecified atom stereocenters. The van der Waals surface area contributed by atoms with Gasteiger partial charge >= 0.3 is 5.97 Å². The minimum absolute atomic E-state index is 0. The monoisotopic (exact) mass is 209 g/mol. The SMILES string of the molecule is Cl.O=C(O)C12CCC(CF)(CC1)N2. The van der Waals surface area contributed by atoms with Crippen LogP contribution in [0.5, 0.6) is 0 Å². The molecule has 3 nitrogen and oxygen atoms in total. The van der Waals surface area contributed by atoms with Crippen LogP contribution in [0.15, 0.2) is 0 Å². The number of carboxylic acid groups (broad SMARTS) is 1. The van der Waals surface area contributed by atoms with Crippen molar-refractivity contribution in [2.75, 3.05) is 6.67 Å². The van der Waals surface area contributed by atoms with Crippen molar-refractivity contribution in [3.8, 4) is 0 Å². The topological polar surface area (TPSA) is 49.3 Å². The fraction of sp³-hybridized carbons (Fsp3) is 0.875. The summed E-state index contributed by atoms with van der Waals surface area (Å²) in [4.78, 5) is 10.9. The van der Waals surface area contributed by atoms with Crippen LogP contribution in [0, 0.1) is 0 Å². The van der Waals surface area contributed by atoms with Gasteiger partial charge in [0.25, 0.3) is 0 Å². The van der Waals surface area contributed by atoms with E-state index < -0.39 is 23.7 Å². The van der Waals surface area contributed by atoms with E-state index in [2.05, 4.69) is 5.32 Å². The van der Waals surface area contributed by atoms with E-state index in [9.17, 15) is 9.18 Å². The Labute approximate surface area is 82.1 Å². The number of carboxylic acids is 1. The molecule has 2 fully saturated rings. The molecule has 0 aliphatic carbocycles. The zero-order chi connectivity index (χ0) is 8.82. The highest BCUT2D eigenvalue weighted by Gasteiger charge is 2.57. The van der Waals surface area contributed by atoms with Crippen LogP contribution >= 0.6 is 12.4 Å². The molecule has 13 heavy (non-hydrogen) atoms. The normalized spacial score (nSPS) is 41.6. The number of hydrogen-bond donors (Lipinski definition) is 2. The Bertz CT molecular complexity index is 226. The van der Waals surface area contributed by atoms with Crippen LogP contribution < -0.4 is 5.32 Å². The summed E-state index contributed by atoms with van der Waals surface area (Å²) in [6.45, 7) is -0.442.